The fourth-order valence-electron chi connectivity index (χ4n) is 1.82. The van der Waals surface area contributed by atoms with Gasteiger partial charge in [0.15, 0.2) is 0 Å². The van der Waals surface area contributed by atoms with Gasteiger partial charge in [-0.2, -0.15) is 0 Å². The van der Waals surface area contributed by atoms with Crippen LogP contribution in [0.5, 0.6) is 0 Å². The van der Waals surface area contributed by atoms with E-state index in [4.69, 9.17) is 0 Å². The third-order valence-corrected chi connectivity index (χ3v) is 4.65. The smallest absolute Gasteiger partial charge is 0.242 e. The van der Waals surface area contributed by atoms with Gasteiger partial charge in [0.05, 0.1) is 4.90 Å². The summed E-state index contributed by atoms with van der Waals surface area (Å²) < 4.78 is 25.1. The lowest BCUT2D eigenvalue weighted by molar-refractivity contribution is 0.520. The van der Waals surface area contributed by atoms with E-state index in [1.807, 2.05) is 6.07 Å². The Bertz CT molecular complexity index is 495. The lowest BCUT2D eigenvalue weighted by Crippen LogP contribution is -2.25. The van der Waals surface area contributed by atoms with Crippen LogP contribution in [0.4, 0.5) is 0 Å². The van der Waals surface area contributed by atoms with Crippen molar-refractivity contribution in [3.05, 3.63) is 29.3 Å². The highest BCUT2D eigenvalue weighted by Crippen LogP contribution is 2.20. The molecule has 1 aliphatic heterocycles. The molecule has 0 amide bonds. The monoisotopic (exact) mass is 240 g/mol. The van der Waals surface area contributed by atoms with Gasteiger partial charge in [-0.05, 0) is 36.2 Å². The van der Waals surface area contributed by atoms with Crippen molar-refractivity contribution in [2.75, 3.05) is 20.6 Å². The SMILES string of the molecule is CN(C)S(=O)(=O)c1ccc2c(c1)CCNC2. The van der Waals surface area contributed by atoms with Crippen LogP contribution in [0.3, 0.4) is 0 Å². The van der Waals surface area contributed by atoms with Gasteiger partial charge in [-0.15, -0.1) is 0 Å². The molecule has 16 heavy (non-hydrogen) atoms. The minimum Gasteiger partial charge on any atom is -0.312 e. The lowest BCUT2D eigenvalue weighted by atomic mass is 10.0. The van der Waals surface area contributed by atoms with E-state index in [9.17, 15) is 8.42 Å². The molecule has 0 aromatic heterocycles. The highest BCUT2D eigenvalue weighted by Gasteiger charge is 2.19. The summed E-state index contributed by atoms with van der Waals surface area (Å²) in [5, 5.41) is 3.26. The van der Waals surface area contributed by atoms with E-state index in [-0.39, 0.29) is 0 Å². The second kappa shape index (κ2) is 4.16. The second-order valence-electron chi connectivity index (χ2n) is 4.14. The number of fused-ring (bicyclic) bond motifs is 1. The van der Waals surface area contributed by atoms with E-state index in [2.05, 4.69) is 5.32 Å². The largest absolute Gasteiger partial charge is 0.312 e. The molecule has 0 spiro atoms. The number of benzene rings is 1. The van der Waals surface area contributed by atoms with Gasteiger partial charge in [-0.3, -0.25) is 0 Å². The molecular weight excluding hydrogens is 224 g/mol. The van der Waals surface area contributed by atoms with E-state index in [0.29, 0.717) is 4.90 Å². The average molecular weight is 240 g/mol. The summed E-state index contributed by atoms with van der Waals surface area (Å²) in [6.07, 6.45) is 0.895. The Morgan fingerprint density at radius 3 is 2.69 bits per heavy atom. The van der Waals surface area contributed by atoms with Crippen LogP contribution in [-0.4, -0.2) is 33.4 Å². The molecule has 1 aromatic carbocycles. The molecule has 0 aliphatic carbocycles. The minimum atomic E-state index is -3.30. The minimum absolute atomic E-state index is 0.387. The molecule has 0 saturated heterocycles. The molecule has 0 atom stereocenters. The van der Waals surface area contributed by atoms with Crippen LogP contribution in [-0.2, 0) is 23.0 Å². The van der Waals surface area contributed by atoms with Crippen molar-refractivity contribution in [2.45, 2.75) is 17.9 Å². The van der Waals surface area contributed by atoms with Crippen LogP contribution >= 0.6 is 0 Å². The number of nitrogens with one attached hydrogen (secondary N) is 1. The first kappa shape index (κ1) is 11.6. The molecule has 88 valence electrons. The quantitative estimate of drug-likeness (QED) is 0.823. The number of hydrogen-bond donors (Lipinski definition) is 1. The van der Waals surface area contributed by atoms with Gasteiger partial charge in [-0.1, -0.05) is 6.07 Å². The zero-order chi connectivity index (χ0) is 11.8. The van der Waals surface area contributed by atoms with Gasteiger partial charge < -0.3 is 5.32 Å². The fraction of sp³-hybridized carbons (Fsp3) is 0.455. The number of rotatable bonds is 2. The molecule has 1 heterocycles. The van der Waals surface area contributed by atoms with Crippen molar-refractivity contribution in [2.24, 2.45) is 0 Å². The van der Waals surface area contributed by atoms with Crippen LogP contribution in [0.25, 0.3) is 0 Å². The summed E-state index contributed by atoms with van der Waals surface area (Å²) in [5.74, 6) is 0. The summed E-state index contributed by atoms with van der Waals surface area (Å²) in [7, 11) is -0.194. The Hall–Kier alpha value is -0.910. The number of nitrogens with zero attached hydrogens (tertiary/aromatic N) is 1. The predicted molar refractivity (Wildman–Crippen MR) is 62.7 cm³/mol. The molecule has 4 nitrogen and oxygen atoms in total. The molecule has 1 aromatic rings. The normalized spacial score (nSPS) is 16.2. The molecule has 0 bridgehead atoms. The Morgan fingerprint density at radius 2 is 2.00 bits per heavy atom. The van der Waals surface area contributed by atoms with Crippen molar-refractivity contribution in [1.29, 1.82) is 0 Å². The van der Waals surface area contributed by atoms with Crippen LogP contribution in [0.1, 0.15) is 11.1 Å². The summed E-state index contributed by atoms with van der Waals surface area (Å²) >= 11 is 0. The third-order valence-electron chi connectivity index (χ3n) is 2.84. The van der Waals surface area contributed by atoms with Crippen molar-refractivity contribution in [3.63, 3.8) is 0 Å². The maximum Gasteiger partial charge on any atom is 0.242 e. The highest BCUT2D eigenvalue weighted by atomic mass is 32.2. The Morgan fingerprint density at radius 1 is 1.25 bits per heavy atom. The molecule has 0 fully saturated rings. The zero-order valence-corrected chi connectivity index (χ0v) is 10.3. The zero-order valence-electron chi connectivity index (χ0n) is 9.53. The summed E-state index contributed by atoms with van der Waals surface area (Å²) in [4.78, 5) is 0.387. The Balaban J connectivity index is 2.45. The van der Waals surface area contributed by atoms with Gasteiger partial charge in [0.1, 0.15) is 0 Å². The van der Waals surface area contributed by atoms with Gasteiger partial charge in [0, 0.05) is 20.6 Å². The average Bonchev–Trinajstić information content (AvgIpc) is 2.28. The Kier molecular flexibility index (Phi) is 3.01. The summed E-state index contributed by atoms with van der Waals surface area (Å²) in [6.45, 7) is 1.75. The molecule has 0 unspecified atom stereocenters. The van der Waals surface area contributed by atoms with Gasteiger partial charge >= 0.3 is 0 Å². The van der Waals surface area contributed by atoms with E-state index in [1.54, 1.807) is 26.2 Å². The summed E-state index contributed by atoms with van der Waals surface area (Å²) in [5.41, 5.74) is 2.34. The van der Waals surface area contributed by atoms with E-state index in [0.717, 1.165) is 25.1 Å². The first-order valence-electron chi connectivity index (χ1n) is 5.27. The third kappa shape index (κ3) is 1.98. The molecule has 0 saturated carbocycles. The fourth-order valence-corrected chi connectivity index (χ4v) is 2.78. The van der Waals surface area contributed by atoms with Crippen molar-refractivity contribution in [3.8, 4) is 0 Å². The maximum absolute atomic E-state index is 11.9. The predicted octanol–water partition coefficient (Wildman–Crippen LogP) is 0.583. The van der Waals surface area contributed by atoms with Crippen LogP contribution in [0, 0.1) is 0 Å². The molecule has 1 aliphatic rings. The number of hydrogen-bond acceptors (Lipinski definition) is 3. The lowest BCUT2D eigenvalue weighted by Gasteiger charge is -2.19. The molecule has 5 heteroatoms. The first-order valence-corrected chi connectivity index (χ1v) is 6.71. The van der Waals surface area contributed by atoms with Crippen LogP contribution in [0.15, 0.2) is 23.1 Å². The molecular formula is C11H16N2O2S. The van der Waals surface area contributed by atoms with Crippen LogP contribution < -0.4 is 5.32 Å². The van der Waals surface area contributed by atoms with Gasteiger partial charge in [0.25, 0.3) is 0 Å². The Labute approximate surface area is 96.3 Å². The van der Waals surface area contributed by atoms with Crippen molar-refractivity contribution < 1.29 is 8.42 Å². The van der Waals surface area contributed by atoms with E-state index in [1.165, 1.54) is 9.87 Å². The van der Waals surface area contributed by atoms with Crippen molar-refractivity contribution >= 4 is 10.0 Å². The number of sulfonamides is 1. The first-order chi connectivity index (χ1) is 7.51. The van der Waals surface area contributed by atoms with Crippen LogP contribution in [0.2, 0.25) is 0 Å². The standard InChI is InChI=1S/C11H16N2O2S/c1-13(2)16(14,15)11-4-3-10-8-12-6-5-9(10)7-11/h3-4,7,12H,5-6,8H2,1-2H3. The maximum atomic E-state index is 11.9. The van der Waals surface area contributed by atoms with E-state index >= 15 is 0 Å². The molecule has 0 radical (unpaired) electrons. The van der Waals surface area contributed by atoms with Crippen molar-refractivity contribution in [1.82, 2.24) is 9.62 Å². The molecule has 1 N–H and O–H groups in total. The second-order valence-corrected chi connectivity index (χ2v) is 6.30. The topological polar surface area (TPSA) is 49.4 Å². The summed E-state index contributed by atoms with van der Waals surface area (Å²) in [6, 6.07) is 5.38. The molecule has 2 rings (SSSR count). The van der Waals surface area contributed by atoms with Gasteiger partial charge in [0.2, 0.25) is 10.0 Å². The van der Waals surface area contributed by atoms with Gasteiger partial charge in [-0.25, -0.2) is 12.7 Å². The highest BCUT2D eigenvalue weighted by molar-refractivity contribution is 7.89. The van der Waals surface area contributed by atoms with E-state index < -0.39 is 10.0 Å².